The van der Waals surface area contributed by atoms with Crippen LogP contribution in [-0.2, 0) is 9.59 Å². The number of hydrogen-bond donors (Lipinski definition) is 1. The number of ketones is 1. The first-order valence-corrected chi connectivity index (χ1v) is 12.4. The number of nitrogens with two attached hydrogens (primary N) is 1. The van der Waals surface area contributed by atoms with E-state index in [0.29, 0.717) is 18.6 Å². The zero-order chi connectivity index (χ0) is 29.2. The molecule has 4 rings (SSSR count). The van der Waals surface area contributed by atoms with Crippen LogP contribution in [0.15, 0.2) is 36.5 Å². The molecule has 2 N–H and O–H groups in total. The van der Waals surface area contributed by atoms with Crippen LogP contribution in [0.1, 0.15) is 29.6 Å². The van der Waals surface area contributed by atoms with Gasteiger partial charge in [0, 0.05) is 17.5 Å². The molecule has 0 aliphatic carbocycles. The van der Waals surface area contributed by atoms with Crippen molar-refractivity contribution in [3.63, 3.8) is 0 Å². The molecule has 2 aliphatic rings. The van der Waals surface area contributed by atoms with Gasteiger partial charge in [0.15, 0.2) is 5.78 Å². The van der Waals surface area contributed by atoms with Crippen molar-refractivity contribution in [1.82, 2.24) is 14.8 Å². The number of aromatic nitrogens is 1. The van der Waals surface area contributed by atoms with E-state index in [1.54, 1.807) is 6.07 Å². The number of benzene rings is 1. The molecule has 2 amide bonds. The molecule has 2 saturated heterocycles. The van der Waals surface area contributed by atoms with E-state index < -0.39 is 42.3 Å². The number of Topliss-reactive ketones (excluding diaryl/α,β-unsaturated/α-hetero) is 1. The van der Waals surface area contributed by atoms with Gasteiger partial charge in [0.25, 0.3) is 5.91 Å². The Morgan fingerprint density at radius 2 is 1.77 bits per heavy atom. The fourth-order valence-corrected chi connectivity index (χ4v) is 4.70. The lowest BCUT2D eigenvalue weighted by molar-refractivity contribution is -0.287. The van der Waals surface area contributed by atoms with Gasteiger partial charge in [0.2, 0.25) is 5.91 Å². The molecular formula is C26H26F6N4O4. The number of primary amides is 1. The van der Waals surface area contributed by atoms with Crippen LogP contribution in [0, 0.1) is 11.7 Å². The zero-order valence-corrected chi connectivity index (χ0v) is 21.1. The first-order chi connectivity index (χ1) is 18.7. The summed E-state index contributed by atoms with van der Waals surface area (Å²) >= 11 is 0. The summed E-state index contributed by atoms with van der Waals surface area (Å²) in [4.78, 5) is 42.3. The second-order valence-corrected chi connectivity index (χ2v) is 9.90. The fourth-order valence-electron chi connectivity index (χ4n) is 4.70. The monoisotopic (exact) mass is 572 g/mol. The molecule has 2 aliphatic heterocycles. The minimum absolute atomic E-state index is 0.0435. The highest BCUT2D eigenvalue weighted by molar-refractivity contribution is 6.03. The van der Waals surface area contributed by atoms with Gasteiger partial charge in [0.1, 0.15) is 17.6 Å². The van der Waals surface area contributed by atoms with Crippen LogP contribution in [0.5, 0.6) is 5.75 Å². The first kappa shape index (κ1) is 29.3. The molecule has 2 fully saturated rings. The molecule has 8 nitrogen and oxygen atoms in total. The zero-order valence-electron chi connectivity index (χ0n) is 21.1. The molecule has 0 unspecified atom stereocenters. The second kappa shape index (κ2) is 11.4. The number of pyridine rings is 1. The molecule has 1 aromatic heterocycles. The number of likely N-dealkylation sites (tertiary alicyclic amines) is 2. The quantitative estimate of drug-likeness (QED) is 0.486. The van der Waals surface area contributed by atoms with Gasteiger partial charge in [-0.3, -0.25) is 24.3 Å². The average molecular weight is 573 g/mol. The number of carbonyl (C=O) groups excluding carboxylic acids is 3. The van der Waals surface area contributed by atoms with Crippen LogP contribution in [0.4, 0.5) is 26.3 Å². The maximum atomic E-state index is 14.9. The standard InChI is InChI=1S/C26H26F6N4O4/c27-20-9-16(24(39)36-12-17(37)10-22(36)23(33)38)1-3-19(20)21-4-2-18(11-34-21)40-13-15-5-7-35(8-6-15)14-25(28,29)26(30,31)32/h1-4,9,11,15,22H,5-8,10,12-14H2,(H2,33,38)/t22-/m0/s1. The average Bonchev–Trinajstić information content (AvgIpc) is 3.29. The predicted molar refractivity (Wildman–Crippen MR) is 129 cm³/mol. The summed E-state index contributed by atoms with van der Waals surface area (Å²) in [6, 6.07) is 5.65. The van der Waals surface area contributed by atoms with E-state index in [1.807, 2.05) is 0 Å². The Balaban J connectivity index is 1.31. The van der Waals surface area contributed by atoms with Gasteiger partial charge in [-0.05, 0) is 62.2 Å². The van der Waals surface area contributed by atoms with Gasteiger partial charge in [0.05, 0.1) is 31.6 Å². The number of nitrogens with zero attached hydrogens (tertiary/aromatic N) is 3. The Kier molecular flexibility index (Phi) is 8.38. The topological polar surface area (TPSA) is 106 Å². The molecule has 0 saturated carbocycles. The van der Waals surface area contributed by atoms with Crippen LogP contribution in [0.3, 0.4) is 0 Å². The highest BCUT2D eigenvalue weighted by atomic mass is 19.4. The van der Waals surface area contributed by atoms with E-state index >= 15 is 0 Å². The second-order valence-electron chi connectivity index (χ2n) is 9.90. The molecule has 0 radical (unpaired) electrons. The highest BCUT2D eigenvalue weighted by Crippen LogP contribution is 2.36. The third kappa shape index (κ3) is 6.54. The molecule has 0 spiro atoms. The number of alkyl halides is 5. The maximum Gasteiger partial charge on any atom is 0.454 e. The summed E-state index contributed by atoms with van der Waals surface area (Å²) in [6.45, 7) is -1.27. The smallest absolute Gasteiger partial charge is 0.454 e. The minimum atomic E-state index is -5.58. The third-order valence-corrected chi connectivity index (χ3v) is 6.99. The summed E-state index contributed by atoms with van der Waals surface area (Å²) in [7, 11) is 0. The summed E-state index contributed by atoms with van der Waals surface area (Å²) < 4.78 is 84.4. The number of amides is 2. The van der Waals surface area contributed by atoms with Crippen molar-refractivity contribution >= 4 is 17.6 Å². The Hall–Kier alpha value is -3.68. The van der Waals surface area contributed by atoms with E-state index in [2.05, 4.69) is 4.98 Å². The summed E-state index contributed by atoms with van der Waals surface area (Å²) in [5, 5.41) is 0. The van der Waals surface area contributed by atoms with Crippen LogP contribution < -0.4 is 10.5 Å². The highest BCUT2D eigenvalue weighted by Gasteiger charge is 2.58. The lowest BCUT2D eigenvalue weighted by Crippen LogP contribution is -2.49. The molecule has 0 bridgehead atoms. The summed E-state index contributed by atoms with van der Waals surface area (Å²) in [6.07, 6.45) is -3.62. The van der Waals surface area contributed by atoms with Gasteiger partial charge in [-0.25, -0.2) is 4.39 Å². The Labute approximate surface area is 225 Å². The number of rotatable bonds is 8. The Morgan fingerprint density at radius 3 is 2.35 bits per heavy atom. The van der Waals surface area contributed by atoms with Gasteiger partial charge in [-0.2, -0.15) is 22.0 Å². The van der Waals surface area contributed by atoms with Gasteiger partial charge < -0.3 is 15.4 Å². The molecule has 1 aromatic carbocycles. The number of halogens is 6. The minimum Gasteiger partial charge on any atom is -0.492 e. The van der Waals surface area contributed by atoms with Crippen molar-refractivity contribution < 1.29 is 45.5 Å². The van der Waals surface area contributed by atoms with E-state index in [0.717, 1.165) is 15.9 Å². The summed E-state index contributed by atoms with van der Waals surface area (Å²) in [5.41, 5.74) is 5.55. The molecule has 2 aromatic rings. The maximum absolute atomic E-state index is 14.9. The molecule has 1 atom stereocenters. The van der Waals surface area contributed by atoms with Crippen molar-refractivity contribution in [3.05, 3.63) is 47.9 Å². The molecule has 3 heterocycles. The number of piperidine rings is 1. The Bertz CT molecular complexity index is 1260. The van der Waals surface area contributed by atoms with Crippen LogP contribution in [-0.4, -0.2) is 83.3 Å². The lowest BCUT2D eigenvalue weighted by atomic mass is 9.97. The SMILES string of the molecule is NC(=O)[C@@H]1CC(=O)CN1C(=O)c1ccc(-c2ccc(OCC3CCN(CC(F)(F)C(F)(F)F)CC3)cn2)c(F)c1. The first-order valence-electron chi connectivity index (χ1n) is 12.4. The Morgan fingerprint density at radius 1 is 1.07 bits per heavy atom. The van der Waals surface area contributed by atoms with Crippen LogP contribution in [0.2, 0.25) is 0 Å². The van der Waals surface area contributed by atoms with E-state index in [4.69, 9.17) is 10.5 Å². The third-order valence-electron chi connectivity index (χ3n) is 6.99. The van der Waals surface area contributed by atoms with Crippen molar-refractivity contribution in [2.45, 2.75) is 37.4 Å². The number of ether oxygens (including phenoxy) is 1. The normalized spacial score (nSPS) is 19.2. The van der Waals surface area contributed by atoms with Crippen LogP contribution in [0.25, 0.3) is 11.3 Å². The molecule has 14 heteroatoms. The van der Waals surface area contributed by atoms with Gasteiger partial charge >= 0.3 is 12.1 Å². The van der Waals surface area contributed by atoms with Crippen molar-refractivity contribution in [1.29, 1.82) is 0 Å². The summed E-state index contributed by atoms with van der Waals surface area (Å²) in [5.74, 6) is -7.04. The molecule has 216 valence electrons. The lowest BCUT2D eigenvalue weighted by Gasteiger charge is -2.34. The number of carbonyl (C=O) groups is 3. The van der Waals surface area contributed by atoms with Crippen molar-refractivity contribution in [3.8, 4) is 17.0 Å². The van der Waals surface area contributed by atoms with Crippen molar-refractivity contribution in [2.24, 2.45) is 11.7 Å². The van der Waals surface area contributed by atoms with E-state index in [9.17, 15) is 40.7 Å². The molecule has 40 heavy (non-hydrogen) atoms. The fraction of sp³-hybridized carbons (Fsp3) is 0.462. The largest absolute Gasteiger partial charge is 0.492 e. The predicted octanol–water partition coefficient (Wildman–Crippen LogP) is 3.45. The molecular weight excluding hydrogens is 546 g/mol. The van der Waals surface area contributed by atoms with Gasteiger partial charge in [-0.1, -0.05) is 0 Å². The van der Waals surface area contributed by atoms with Crippen LogP contribution >= 0.6 is 0 Å². The van der Waals surface area contributed by atoms with Crippen molar-refractivity contribution in [2.75, 3.05) is 32.8 Å². The van der Waals surface area contributed by atoms with E-state index in [1.165, 1.54) is 24.4 Å². The van der Waals surface area contributed by atoms with Gasteiger partial charge in [-0.15, -0.1) is 0 Å². The number of hydrogen-bond acceptors (Lipinski definition) is 6. The van der Waals surface area contributed by atoms with E-state index in [-0.39, 0.29) is 61.2 Å².